The van der Waals surface area contributed by atoms with Crippen LogP contribution in [0.3, 0.4) is 0 Å². The molecular weight excluding hydrogens is 368 g/mol. The van der Waals surface area contributed by atoms with Crippen molar-refractivity contribution in [3.05, 3.63) is 76.7 Å². The molecule has 0 fully saturated rings. The molecule has 0 saturated carbocycles. The third-order valence-electron chi connectivity index (χ3n) is 5.14. The van der Waals surface area contributed by atoms with Crippen molar-refractivity contribution >= 4 is 34.4 Å². The van der Waals surface area contributed by atoms with E-state index in [2.05, 4.69) is 39.1 Å². The van der Waals surface area contributed by atoms with Crippen LogP contribution in [0.2, 0.25) is 0 Å². The molecule has 1 aliphatic heterocycles. The molecule has 6 heteroatoms. The van der Waals surface area contributed by atoms with Gasteiger partial charge in [0.2, 0.25) is 5.95 Å². The Hall–Kier alpha value is -3.12. The van der Waals surface area contributed by atoms with Gasteiger partial charge < -0.3 is 4.90 Å². The Morgan fingerprint density at radius 2 is 1.89 bits per heavy atom. The first-order valence-electron chi connectivity index (χ1n) is 9.13. The first-order valence-corrected chi connectivity index (χ1v) is 10.4. The summed E-state index contributed by atoms with van der Waals surface area (Å²) in [6, 6.07) is 18.3. The van der Waals surface area contributed by atoms with Crippen molar-refractivity contribution in [3.8, 4) is 11.1 Å². The minimum absolute atomic E-state index is 0.165. The van der Waals surface area contributed by atoms with Crippen LogP contribution in [0.4, 0.5) is 11.6 Å². The molecule has 0 bridgehead atoms. The average molecular weight is 386 g/mol. The summed E-state index contributed by atoms with van der Waals surface area (Å²) in [7, 11) is 0. The Morgan fingerprint density at radius 3 is 2.71 bits per heavy atom. The number of thioether (sulfide) groups is 1. The molecule has 0 saturated heterocycles. The Morgan fingerprint density at radius 1 is 1.07 bits per heavy atom. The van der Waals surface area contributed by atoms with Crippen molar-refractivity contribution in [2.24, 2.45) is 0 Å². The van der Waals surface area contributed by atoms with E-state index in [0.29, 0.717) is 17.0 Å². The van der Waals surface area contributed by atoms with Crippen molar-refractivity contribution in [1.29, 1.82) is 0 Å². The van der Waals surface area contributed by atoms with Gasteiger partial charge in [-0.1, -0.05) is 30.3 Å². The normalized spacial score (nSPS) is 13.1. The van der Waals surface area contributed by atoms with E-state index in [1.54, 1.807) is 18.0 Å². The summed E-state index contributed by atoms with van der Waals surface area (Å²) in [5.74, 6) is 0.546. The van der Waals surface area contributed by atoms with Gasteiger partial charge in [0, 0.05) is 23.3 Å². The fraction of sp³-hybridized carbons (Fsp3) is 0.136. The molecule has 0 aliphatic carbocycles. The number of benzene rings is 2. The second-order valence-electron chi connectivity index (χ2n) is 6.71. The van der Waals surface area contributed by atoms with Crippen LogP contribution in [0.5, 0.6) is 0 Å². The van der Waals surface area contributed by atoms with Crippen LogP contribution in [0, 0.1) is 0 Å². The Kier molecular flexibility index (Phi) is 4.13. The number of anilines is 2. The minimum Gasteiger partial charge on any atom is -0.311 e. The highest BCUT2D eigenvalue weighted by Crippen LogP contribution is 2.33. The second kappa shape index (κ2) is 6.80. The van der Waals surface area contributed by atoms with E-state index < -0.39 is 0 Å². The Labute approximate surface area is 166 Å². The summed E-state index contributed by atoms with van der Waals surface area (Å²) in [4.78, 5) is 28.3. The molecule has 5 nitrogen and oxygen atoms in total. The van der Waals surface area contributed by atoms with Gasteiger partial charge in [-0.2, -0.15) is 4.98 Å². The predicted octanol–water partition coefficient (Wildman–Crippen LogP) is 4.40. The van der Waals surface area contributed by atoms with E-state index in [-0.39, 0.29) is 5.56 Å². The molecular formula is C22H18N4OS. The molecule has 0 radical (unpaired) electrons. The molecule has 1 N–H and O–H groups in total. The summed E-state index contributed by atoms with van der Waals surface area (Å²) < 4.78 is 0. The summed E-state index contributed by atoms with van der Waals surface area (Å²) in [6.07, 6.45) is 4.70. The van der Waals surface area contributed by atoms with Crippen LogP contribution in [0.25, 0.3) is 22.2 Å². The number of aromatic nitrogens is 3. The van der Waals surface area contributed by atoms with Crippen molar-refractivity contribution in [1.82, 2.24) is 15.0 Å². The smallest absolute Gasteiger partial charge is 0.262 e. The number of hydrogen-bond donors (Lipinski definition) is 1. The van der Waals surface area contributed by atoms with Crippen molar-refractivity contribution in [2.45, 2.75) is 11.3 Å². The summed E-state index contributed by atoms with van der Waals surface area (Å²) in [6.45, 7) is 0.795. The van der Waals surface area contributed by atoms with E-state index in [4.69, 9.17) is 4.98 Å². The first-order chi connectivity index (χ1) is 13.7. The van der Waals surface area contributed by atoms with Crippen LogP contribution in [-0.2, 0) is 6.42 Å². The summed E-state index contributed by atoms with van der Waals surface area (Å²) in [5.41, 5.74) is 4.49. The van der Waals surface area contributed by atoms with Gasteiger partial charge in [-0.3, -0.25) is 9.78 Å². The van der Waals surface area contributed by atoms with Crippen molar-refractivity contribution in [3.63, 3.8) is 0 Å². The summed E-state index contributed by atoms with van der Waals surface area (Å²) >= 11 is 1.69. The van der Waals surface area contributed by atoms with Gasteiger partial charge in [0.1, 0.15) is 0 Å². The maximum absolute atomic E-state index is 13.0. The third-order valence-corrected chi connectivity index (χ3v) is 5.88. The highest BCUT2D eigenvalue weighted by Gasteiger charge is 2.23. The standard InChI is InChI=1S/C22H18N4OS/c1-28-16-8-6-14(7-9-16)17-10-12-23-20-19(17)21(27)25-22(24-20)26-13-11-15-4-2-3-5-18(15)26/h2-10,12H,11,13H2,1H3,(H,23,24,25,27). The monoisotopic (exact) mass is 386 g/mol. The van der Waals surface area contributed by atoms with E-state index in [1.165, 1.54) is 10.5 Å². The molecule has 1 aliphatic rings. The van der Waals surface area contributed by atoms with Gasteiger partial charge in [0.15, 0.2) is 5.65 Å². The molecule has 28 heavy (non-hydrogen) atoms. The SMILES string of the molecule is CSc1ccc(-c2ccnc3nc(N4CCc5ccccc54)[nH]c(=O)c23)cc1. The number of rotatable bonds is 3. The number of pyridine rings is 1. The lowest BCUT2D eigenvalue weighted by atomic mass is 10.0. The molecule has 138 valence electrons. The number of H-pyrrole nitrogens is 1. The maximum Gasteiger partial charge on any atom is 0.262 e. The lowest BCUT2D eigenvalue weighted by Gasteiger charge is -2.18. The van der Waals surface area contributed by atoms with Gasteiger partial charge >= 0.3 is 0 Å². The van der Waals surface area contributed by atoms with Gasteiger partial charge in [-0.05, 0) is 53.6 Å². The zero-order chi connectivity index (χ0) is 19.1. The number of para-hydroxylation sites is 1. The zero-order valence-corrected chi connectivity index (χ0v) is 16.2. The van der Waals surface area contributed by atoms with Crippen molar-refractivity contribution in [2.75, 3.05) is 17.7 Å². The number of nitrogens with zero attached hydrogens (tertiary/aromatic N) is 3. The van der Waals surface area contributed by atoms with E-state index >= 15 is 0 Å². The fourth-order valence-corrected chi connectivity index (χ4v) is 4.16. The highest BCUT2D eigenvalue weighted by atomic mass is 32.2. The van der Waals surface area contributed by atoms with Gasteiger partial charge in [-0.25, -0.2) is 4.98 Å². The fourth-order valence-electron chi connectivity index (χ4n) is 3.75. The molecule has 3 heterocycles. The lowest BCUT2D eigenvalue weighted by Crippen LogP contribution is -2.21. The number of aromatic amines is 1. The van der Waals surface area contributed by atoms with E-state index in [9.17, 15) is 4.79 Å². The number of nitrogens with one attached hydrogen (secondary N) is 1. The number of fused-ring (bicyclic) bond motifs is 2. The first kappa shape index (κ1) is 17.0. The maximum atomic E-state index is 13.0. The quantitative estimate of drug-likeness (QED) is 0.529. The molecule has 0 atom stereocenters. The molecule has 0 unspecified atom stereocenters. The van der Waals surface area contributed by atoms with Crippen LogP contribution in [-0.4, -0.2) is 27.8 Å². The topological polar surface area (TPSA) is 61.9 Å². The predicted molar refractivity (Wildman–Crippen MR) is 115 cm³/mol. The largest absolute Gasteiger partial charge is 0.311 e. The van der Waals surface area contributed by atoms with Crippen LogP contribution < -0.4 is 10.5 Å². The zero-order valence-electron chi connectivity index (χ0n) is 15.3. The molecule has 0 spiro atoms. The molecule has 4 aromatic rings. The van der Waals surface area contributed by atoms with Crippen LogP contribution in [0.1, 0.15) is 5.56 Å². The molecule has 2 aromatic carbocycles. The molecule has 5 rings (SSSR count). The van der Waals surface area contributed by atoms with Gasteiger partial charge in [-0.15, -0.1) is 11.8 Å². The average Bonchev–Trinajstić information content (AvgIpc) is 3.17. The minimum atomic E-state index is -0.165. The van der Waals surface area contributed by atoms with E-state index in [0.717, 1.165) is 29.8 Å². The lowest BCUT2D eigenvalue weighted by molar-refractivity contribution is 0.938. The second-order valence-corrected chi connectivity index (χ2v) is 7.59. The van der Waals surface area contributed by atoms with Crippen LogP contribution >= 0.6 is 11.8 Å². The van der Waals surface area contributed by atoms with Gasteiger partial charge in [0.25, 0.3) is 5.56 Å². The molecule has 2 aromatic heterocycles. The van der Waals surface area contributed by atoms with Crippen molar-refractivity contribution < 1.29 is 0 Å². The summed E-state index contributed by atoms with van der Waals surface area (Å²) in [5, 5.41) is 0.524. The molecule has 0 amide bonds. The van der Waals surface area contributed by atoms with Gasteiger partial charge in [0.05, 0.1) is 5.39 Å². The Bertz CT molecular complexity index is 1230. The Balaban J connectivity index is 1.64. The third kappa shape index (κ3) is 2.77. The number of hydrogen-bond acceptors (Lipinski definition) is 5. The van der Waals surface area contributed by atoms with E-state index in [1.807, 2.05) is 36.6 Å². The highest BCUT2D eigenvalue weighted by molar-refractivity contribution is 7.98. The van der Waals surface area contributed by atoms with Crippen LogP contribution in [0.15, 0.2) is 70.5 Å².